The van der Waals surface area contributed by atoms with Crippen LogP contribution in [-0.2, 0) is 6.42 Å². The maximum atomic E-state index is 12.8. The molecule has 0 bridgehead atoms. The zero-order valence-corrected chi connectivity index (χ0v) is 17.2. The molecule has 0 spiro atoms. The number of carbonyl (C=O) groups is 1. The van der Waals surface area contributed by atoms with Crippen molar-refractivity contribution in [1.29, 1.82) is 0 Å². The monoisotopic (exact) mass is 378 g/mol. The number of ether oxygens (including phenoxy) is 1. The maximum absolute atomic E-state index is 12.8. The minimum absolute atomic E-state index is 0.0915. The average Bonchev–Trinajstić information content (AvgIpc) is 2.88. The highest BCUT2D eigenvalue weighted by atomic mass is 35.5. The van der Waals surface area contributed by atoms with Gasteiger partial charge in [-0.05, 0) is 59.3 Å². The van der Waals surface area contributed by atoms with Crippen LogP contribution in [0.1, 0.15) is 68.3 Å². The van der Waals surface area contributed by atoms with Gasteiger partial charge < -0.3 is 15.0 Å². The van der Waals surface area contributed by atoms with Crippen molar-refractivity contribution >= 4 is 17.5 Å². The van der Waals surface area contributed by atoms with Crippen molar-refractivity contribution in [3.05, 3.63) is 28.3 Å². The smallest absolute Gasteiger partial charge is 0.255 e. The van der Waals surface area contributed by atoms with Crippen LogP contribution >= 0.6 is 11.6 Å². The Labute approximate surface area is 162 Å². The van der Waals surface area contributed by atoms with Crippen LogP contribution in [0.25, 0.3) is 0 Å². The zero-order chi connectivity index (χ0) is 18.9. The Hall–Kier alpha value is -1.26. The molecule has 144 valence electrons. The second kappa shape index (κ2) is 7.40. The lowest BCUT2D eigenvalue weighted by Gasteiger charge is -2.43. The number of carbonyl (C=O) groups excluding carboxylic acids is 1. The highest BCUT2D eigenvalue weighted by molar-refractivity contribution is 6.31. The molecule has 0 unspecified atom stereocenters. The van der Waals surface area contributed by atoms with E-state index in [4.69, 9.17) is 16.3 Å². The van der Waals surface area contributed by atoms with Gasteiger partial charge in [-0.15, -0.1) is 0 Å². The molecule has 5 heteroatoms. The summed E-state index contributed by atoms with van der Waals surface area (Å²) in [6.45, 7) is 4.74. The number of hydrogen-bond donors (Lipinski definition) is 1. The third-order valence-corrected chi connectivity index (χ3v) is 6.20. The van der Waals surface area contributed by atoms with Gasteiger partial charge in [0.25, 0.3) is 5.91 Å². The van der Waals surface area contributed by atoms with Gasteiger partial charge in [-0.2, -0.15) is 0 Å². The molecule has 1 fully saturated rings. The summed E-state index contributed by atoms with van der Waals surface area (Å²) in [4.78, 5) is 15.2. The van der Waals surface area contributed by atoms with Gasteiger partial charge in [-0.1, -0.05) is 30.9 Å². The normalized spacial score (nSPS) is 20.5. The Bertz CT molecular complexity index is 679. The summed E-state index contributed by atoms with van der Waals surface area (Å²) in [5.41, 5.74) is 1.49. The Balaban J connectivity index is 1.68. The molecule has 3 rings (SSSR count). The molecule has 1 aromatic carbocycles. The highest BCUT2D eigenvalue weighted by Gasteiger charge is 2.35. The number of nitrogens with one attached hydrogen (secondary N) is 1. The van der Waals surface area contributed by atoms with Crippen molar-refractivity contribution in [3.8, 4) is 5.75 Å². The van der Waals surface area contributed by atoms with Crippen LogP contribution in [0.5, 0.6) is 5.75 Å². The number of halogens is 1. The number of rotatable bonds is 5. The molecule has 0 radical (unpaired) electrons. The van der Waals surface area contributed by atoms with Crippen molar-refractivity contribution < 1.29 is 9.53 Å². The van der Waals surface area contributed by atoms with Crippen molar-refractivity contribution in [3.63, 3.8) is 0 Å². The fourth-order valence-corrected chi connectivity index (χ4v) is 4.72. The second-order valence-corrected chi connectivity index (χ2v) is 9.10. The van der Waals surface area contributed by atoms with E-state index in [1.165, 1.54) is 32.1 Å². The molecule has 1 aliphatic heterocycles. The van der Waals surface area contributed by atoms with Gasteiger partial charge in [-0.3, -0.25) is 4.79 Å². The number of amides is 1. The van der Waals surface area contributed by atoms with Crippen LogP contribution in [-0.4, -0.2) is 42.6 Å². The maximum Gasteiger partial charge on any atom is 0.255 e. The summed E-state index contributed by atoms with van der Waals surface area (Å²) < 4.78 is 6.03. The average molecular weight is 379 g/mol. The van der Waals surface area contributed by atoms with E-state index in [2.05, 4.69) is 24.3 Å². The third kappa shape index (κ3) is 4.01. The van der Waals surface area contributed by atoms with E-state index in [9.17, 15) is 4.79 Å². The lowest BCUT2D eigenvalue weighted by Crippen LogP contribution is -2.48. The first-order chi connectivity index (χ1) is 12.2. The van der Waals surface area contributed by atoms with E-state index in [1.807, 2.05) is 19.9 Å². The first kappa shape index (κ1) is 19.5. The number of fused-ring (bicyclic) bond motifs is 1. The van der Waals surface area contributed by atoms with Crippen molar-refractivity contribution in [1.82, 2.24) is 10.2 Å². The van der Waals surface area contributed by atoms with Crippen LogP contribution in [0, 0.1) is 0 Å². The van der Waals surface area contributed by atoms with Gasteiger partial charge in [0.05, 0.1) is 5.56 Å². The Morgan fingerprint density at radius 2 is 1.92 bits per heavy atom. The van der Waals surface area contributed by atoms with Crippen molar-refractivity contribution in [2.45, 2.75) is 69.9 Å². The molecule has 26 heavy (non-hydrogen) atoms. The van der Waals surface area contributed by atoms with Gasteiger partial charge in [0, 0.05) is 29.1 Å². The van der Waals surface area contributed by atoms with Crippen molar-refractivity contribution in [2.24, 2.45) is 0 Å². The van der Waals surface area contributed by atoms with Crippen LogP contribution in [0.4, 0.5) is 0 Å². The Kier molecular flexibility index (Phi) is 5.55. The SMILES string of the molecule is CN(C)C1(CCNC(=O)c2cc(Cl)cc3c2OC(C)(C)C3)CCCCC1. The Morgan fingerprint density at radius 1 is 1.23 bits per heavy atom. The van der Waals surface area contributed by atoms with Crippen LogP contribution in [0.2, 0.25) is 5.02 Å². The second-order valence-electron chi connectivity index (χ2n) is 8.67. The lowest BCUT2D eigenvalue weighted by molar-refractivity contribution is 0.0830. The fraction of sp³-hybridized carbons (Fsp3) is 0.667. The van der Waals surface area contributed by atoms with Crippen LogP contribution < -0.4 is 10.1 Å². The number of hydrogen-bond acceptors (Lipinski definition) is 3. The summed E-state index contributed by atoms with van der Waals surface area (Å²) in [6.07, 6.45) is 8.03. The van der Waals surface area contributed by atoms with Crippen molar-refractivity contribution in [2.75, 3.05) is 20.6 Å². The largest absolute Gasteiger partial charge is 0.486 e. The van der Waals surface area contributed by atoms with E-state index in [0.29, 0.717) is 22.9 Å². The third-order valence-electron chi connectivity index (χ3n) is 5.98. The van der Waals surface area contributed by atoms with Gasteiger partial charge in [0.1, 0.15) is 11.4 Å². The summed E-state index contributed by atoms with van der Waals surface area (Å²) in [5, 5.41) is 3.70. The minimum Gasteiger partial charge on any atom is -0.486 e. The van der Waals surface area contributed by atoms with E-state index in [0.717, 1.165) is 18.4 Å². The molecule has 1 N–H and O–H groups in total. The first-order valence-corrected chi connectivity index (χ1v) is 10.1. The van der Waals surface area contributed by atoms with Gasteiger partial charge in [0.2, 0.25) is 0 Å². The van der Waals surface area contributed by atoms with E-state index >= 15 is 0 Å². The standard InChI is InChI=1S/C21H31ClN2O2/c1-20(2)14-15-12-16(22)13-17(18(15)26-20)19(25)23-11-10-21(24(3)4)8-6-5-7-9-21/h12-13H,5-11,14H2,1-4H3,(H,23,25). The molecular weight excluding hydrogens is 348 g/mol. The first-order valence-electron chi connectivity index (χ1n) is 9.70. The number of benzene rings is 1. The molecule has 0 aromatic heterocycles. The summed E-state index contributed by atoms with van der Waals surface area (Å²) in [6, 6.07) is 3.63. The molecule has 2 aliphatic rings. The minimum atomic E-state index is -0.293. The predicted octanol–water partition coefficient (Wildman–Crippen LogP) is 4.44. The van der Waals surface area contributed by atoms with Crippen LogP contribution in [0.15, 0.2) is 12.1 Å². The van der Waals surface area contributed by atoms with E-state index in [-0.39, 0.29) is 17.0 Å². The molecule has 1 aromatic rings. The molecular formula is C21H31ClN2O2. The van der Waals surface area contributed by atoms with Gasteiger partial charge in [0.15, 0.2) is 0 Å². The van der Waals surface area contributed by atoms with Crippen LogP contribution in [0.3, 0.4) is 0 Å². The number of nitrogens with zero attached hydrogens (tertiary/aromatic N) is 1. The molecule has 1 heterocycles. The lowest BCUT2D eigenvalue weighted by atomic mass is 9.78. The molecule has 1 saturated carbocycles. The highest BCUT2D eigenvalue weighted by Crippen LogP contribution is 2.39. The molecule has 4 nitrogen and oxygen atoms in total. The molecule has 0 atom stereocenters. The topological polar surface area (TPSA) is 41.6 Å². The van der Waals surface area contributed by atoms with E-state index < -0.39 is 0 Å². The summed E-state index contributed by atoms with van der Waals surface area (Å²) >= 11 is 6.24. The summed E-state index contributed by atoms with van der Waals surface area (Å²) in [5.74, 6) is 0.600. The summed E-state index contributed by atoms with van der Waals surface area (Å²) in [7, 11) is 4.32. The fourth-order valence-electron chi connectivity index (χ4n) is 4.48. The molecule has 1 amide bonds. The predicted molar refractivity (Wildman–Crippen MR) is 106 cm³/mol. The van der Waals surface area contributed by atoms with E-state index in [1.54, 1.807) is 6.07 Å². The molecule has 0 saturated heterocycles. The van der Waals surface area contributed by atoms with Gasteiger partial charge >= 0.3 is 0 Å². The van der Waals surface area contributed by atoms with Gasteiger partial charge in [-0.25, -0.2) is 0 Å². The molecule has 1 aliphatic carbocycles. The Morgan fingerprint density at radius 3 is 2.58 bits per heavy atom. The quantitative estimate of drug-likeness (QED) is 0.823. The zero-order valence-electron chi connectivity index (χ0n) is 16.5.